The van der Waals surface area contributed by atoms with Gasteiger partial charge in [0.05, 0.1) is 13.7 Å². The predicted octanol–water partition coefficient (Wildman–Crippen LogP) is 0.424. The molecule has 0 fully saturated rings. The van der Waals surface area contributed by atoms with E-state index in [9.17, 15) is 13.2 Å². The van der Waals surface area contributed by atoms with Crippen LogP contribution in [-0.4, -0.2) is 46.0 Å². The zero-order valence-electron chi connectivity index (χ0n) is 12.4. The molecule has 0 atom stereocenters. The van der Waals surface area contributed by atoms with Gasteiger partial charge in [-0.2, -0.15) is 0 Å². The molecular weight excluding hydrogens is 294 g/mol. The Labute approximate surface area is 125 Å². The maximum absolute atomic E-state index is 12.2. The second-order valence-electron chi connectivity index (χ2n) is 4.30. The molecule has 0 aliphatic rings. The third kappa shape index (κ3) is 4.33. The number of nitrogens with zero attached hydrogens (tertiary/aromatic N) is 1. The fourth-order valence-corrected chi connectivity index (χ4v) is 2.95. The molecule has 118 valence electrons. The number of anilines is 1. The van der Waals surface area contributed by atoms with Gasteiger partial charge in [-0.05, 0) is 26.0 Å². The first-order chi connectivity index (χ1) is 9.85. The van der Waals surface area contributed by atoms with E-state index in [4.69, 9.17) is 10.5 Å². The number of benzene rings is 1. The van der Waals surface area contributed by atoms with E-state index in [1.807, 2.05) is 13.8 Å². The quantitative estimate of drug-likeness (QED) is 0.710. The summed E-state index contributed by atoms with van der Waals surface area (Å²) in [5.41, 5.74) is 5.98. The molecule has 0 radical (unpaired) electrons. The number of ether oxygens (including phenoxy) is 1. The average molecular weight is 315 g/mol. The number of amides is 1. The van der Waals surface area contributed by atoms with E-state index in [0.717, 1.165) is 0 Å². The molecule has 1 rings (SSSR count). The van der Waals surface area contributed by atoms with Gasteiger partial charge in [-0.15, -0.1) is 0 Å². The number of methoxy groups -OCH3 is 1. The van der Waals surface area contributed by atoms with Gasteiger partial charge in [0.2, 0.25) is 15.9 Å². The van der Waals surface area contributed by atoms with Crippen LogP contribution in [-0.2, 0) is 14.8 Å². The molecule has 1 aromatic carbocycles. The van der Waals surface area contributed by atoms with Crippen molar-refractivity contribution in [2.75, 3.05) is 32.5 Å². The van der Waals surface area contributed by atoms with Gasteiger partial charge in [0, 0.05) is 24.8 Å². The van der Waals surface area contributed by atoms with Crippen LogP contribution in [0.1, 0.15) is 13.8 Å². The van der Waals surface area contributed by atoms with Crippen LogP contribution < -0.4 is 15.2 Å². The first-order valence-electron chi connectivity index (χ1n) is 6.56. The molecule has 0 bridgehead atoms. The molecule has 0 heterocycles. The normalized spacial score (nSPS) is 11.2. The summed E-state index contributed by atoms with van der Waals surface area (Å²) in [5.74, 6) is -0.143. The number of rotatable bonds is 7. The molecule has 8 heteroatoms. The van der Waals surface area contributed by atoms with Crippen molar-refractivity contribution in [1.82, 2.24) is 9.62 Å². The summed E-state index contributed by atoms with van der Waals surface area (Å²) in [6.07, 6.45) is 0. The van der Waals surface area contributed by atoms with E-state index in [1.54, 1.807) is 4.90 Å². The number of carbonyl (C=O) groups is 1. The highest BCUT2D eigenvalue weighted by molar-refractivity contribution is 7.89. The van der Waals surface area contributed by atoms with Gasteiger partial charge in [-0.25, -0.2) is 13.1 Å². The number of sulfonamides is 1. The van der Waals surface area contributed by atoms with Gasteiger partial charge in [0.25, 0.3) is 0 Å². The molecule has 0 saturated carbocycles. The third-order valence-electron chi connectivity index (χ3n) is 3.01. The lowest BCUT2D eigenvalue weighted by Crippen LogP contribution is -2.40. The largest absolute Gasteiger partial charge is 0.495 e. The summed E-state index contributed by atoms with van der Waals surface area (Å²) in [4.78, 5) is 13.3. The second kappa shape index (κ2) is 7.28. The molecule has 21 heavy (non-hydrogen) atoms. The molecule has 0 aliphatic carbocycles. The lowest BCUT2D eigenvalue weighted by atomic mass is 10.3. The van der Waals surface area contributed by atoms with Crippen molar-refractivity contribution in [3.8, 4) is 5.75 Å². The molecular formula is C13H21N3O4S. The fraction of sp³-hybridized carbons (Fsp3) is 0.462. The van der Waals surface area contributed by atoms with Gasteiger partial charge in [0.1, 0.15) is 10.6 Å². The Morgan fingerprint density at radius 2 is 1.95 bits per heavy atom. The van der Waals surface area contributed by atoms with E-state index < -0.39 is 10.0 Å². The summed E-state index contributed by atoms with van der Waals surface area (Å²) < 4.78 is 31.7. The minimum atomic E-state index is -3.84. The molecule has 1 aromatic rings. The zero-order chi connectivity index (χ0) is 16.0. The fourth-order valence-electron chi connectivity index (χ4n) is 1.83. The molecule has 0 aromatic heterocycles. The Morgan fingerprint density at radius 3 is 2.48 bits per heavy atom. The van der Waals surface area contributed by atoms with Crippen molar-refractivity contribution in [3.63, 3.8) is 0 Å². The van der Waals surface area contributed by atoms with Crippen LogP contribution in [0.4, 0.5) is 5.69 Å². The van der Waals surface area contributed by atoms with Crippen LogP contribution in [0.5, 0.6) is 5.75 Å². The summed E-state index contributed by atoms with van der Waals surface area (Å²) >= 11 is 0. The maximum atomic E-state index is 12.2. The minimum Gasteiger partial charge on any atom is -0.495 e. The number of nitrogens with two attached hydrogens (primary N) is 1. The first kappa shape index (κ1) is 17.3. The van der Waals surface area contributed by atoms with Gasteiger partial charge < -0.3 is 15.4 Å². The van der Waals surface area contributed by atoms with Crippen molar-refractivity contribution in [2.45, 2.75) is 18.7 Å². The standard InChI is InChI=1S/C13H21N3O4S/c1-4-16(5-2)13(17)9-15-21(18,19)12-7-6-10(14)8-11(12)20-3/h6-8,15H,4-5,9,14H2,1-3H3. The average Bonchev–Trinajstić information content (AvgIpc) is 2.46. The smallest absolute Gasteiger partial charge is 0.244 e. The molecule has 0 saturated heterocycles. The van der Waals surface area contributed by atoms with Gasteiger partial charge in [-0.3, -0.25) is 4.79 Å². The lowest BCUT2D eigenvalue weighted by molar-refractivity contribution is -0.129. The number of carbonyl (C=O) groups excluding carboxylic acids is 1. The molecule has 0 unspecified atom stereocenters. The number of hydrogen-bond donors (Lipinski definition) is 2. The highest BCUT2D eigenvalue weighted by Crippen LogP contribution is 2.25. The highest BCUT2D eigenvalue weighted by atomic mass is 32.2. The van der Waals surface area contributed by atoms with E-state index >= 15 is 0 Å². The molecule has 0 aliphatic heterocycles. The van der Waals surface area contributed by atoms with Crippen LogP contribution in [0.2, 0.25) is 0 Å². The Hall–Kier alpha value is -1.80. The van der Waals surface area contributed by atoms with Crippen LogP contribution in [0, 0.1) is 0 Å². The predicted molar refractivity (Wildman–Crippen MR) is 80.5 cm³/mol. The van der Waals surface area contributed by atoms with Crippen molar-refractivity contribution in [2.24, 2.45) is 0 Å². The molecule has 3 N–H and O–H groups in total. The Kier molecular flexibility index (Phi) is 5.98. The number of likely N-dealkylation sites (N-methyl/N-ethyl adjacent to an activating group) is 1. The second-order valence-corrected chi connectivity index (χ2v) is 6.04. The van der Waals surface area contributed by atoms with Gasteiger partial charge in [0.15, 0.2) is 0 Å². The Balaban J connectivity index is 2.90. The number of nitrogens with one attached hydrogen (secondary N) is 1. The van der Waals surface area contributed by atoms with Gasteiger partial charge >= 0.3 is 0 Å². The third-order valence-corrected chi connectivity index (χ3v) is 4.45. The number of hydrogen-bond acceptors (Lipinski definition) is 5. The van der Waals surface area contributed by atoms with Crippen LogP contribution in [0.25, 0.3) is 0 Å². The summed E-state index contributed by atoms with van der Waals surface area (Å²) in [6.45, 7) is 4.43. The van der Waals surface area contributed by atoms with E-state index in [-0.39, 0.29) is 23.1 Å². The van der Waals surface area contributed by atoms with E-state index in [0.29, 0.717) is 18.8 Å². The molecule has 1 amide bonds. The summed E-state index contributed by atoms with van der Waals surface area (Å²) in [5, 5.41) is 0. The van der Waals surface area contributed by atoms with Crippen molar-refractivity contribution in [3.05, 3.63) is 18.2 Å². The van der Waals surface area contributed by atoms with Crippen molar-refractivity contribution < 1.29 is 17.9 Å². The first-order valence-corrected chi connectivity index (χ1v) is 8.05. The summed E-state index contributed by atoms with van der Waals surface area (Å²) in [7, 11) is -2.49. The number of nitrogen functional groups attached to an aromatic ring is 1. The highest BCUT2D eigenvalue weighted by Gasteiger charge is 2.21. The SMILES string of the molecule is CCN(CC)C(=O)CNS(=O)(=O)c1ccc(N)cc1OC. The molecule has 0 spiro atoms. The summed E-state index contributed by atoms with van der Waals surface area (Å²) in [6, 6.07) is 4.22. The monoisotopic (exact) mass is 315 g/mol. The topological polar surface area (TPSA) is 102 Å². The van der Waals surface area contributed by atoms with Crippen LogP contribution in [0.3, 0.4) is 0 Å². The Morgan fingerprint density at radius 1 is 1.33 bits per heavy atom. The van der Waals surface area contributed by atoms with Crippen LogP contribution >= 0.6 is 0 Å². The van der Waals surface area contributed by atoms with Crippen LogP contribution in [0.15, 0.2) is 23.1 Å². The van der Waals surface area contributed by atoms with Crippen molar-refractivity contribution in [1.29, 1.82) is 0 Å². The van der Waals surface area contributed by atoms with Gasteiger partial charge in [-0.1, -0.05) is 0 Å². The lowest BCUT2D eigenvalue weighted by Gasteiger charge is -2.19. The van der Waals surface area contributed by atoms with E-state index in [2.05, 4.69) is 4.72 Å². The molecule has 7 nitrogen and oxygen atoms in total. The Bertz CT molecular complexity index is 597. The zero-order valence-corrected chi connectivity index (χ0v) is 13.2. The van der Waals surface area contributed by atoms with E-state index in [1.165, 1.54) is 25.3 Å². The maximum Gasteiger partial charge on any atom is 0.244 e. The van der Waals surface area contributed by atoms with Crippen molar-refractivity contribution >= 4 is 21.6 Å². The minimum absolute atomic E-state index is 0.0495.